The van der Waals surface area contributed by atoms with Gasteiger partial charge in [-0.05, 0) is 66.3 Å². The zero-order valence-electron chi connectivity index (χ0n) is 24.9. The summed E-state index contributed by atoms with van der Waals surface area (Å²) < 4.78 is 6.23. The first-order valence-electron chi connectivity index (χ1n) is 15.4. The Morgan fingerprint density at radius 2 is 1.22 bits per heavy atom. The van der Waals surface area contributed by atoms with Crippen molar-refractivity contribution >= 4 is 11.9 Å². The van der Waals surface area contributed by atoms with Gasteiger partial charge >= 0.3 is 11.9 Å². The number of piperidine rings is 1. The van der Waals surface area contributed by atoms with Gasteiger partial charge in [0.2, 0.25) is 0 Å². The molecule has 0 aromatic rings. The summed E-state index contributed by atoms with van der Waals surface area (Å²) in [6.07, 6.45) is 19.3. The highest BCUT2D eigenvalue weighted by atomic mass is 16.5. The van der Waals surface area contributed by atoms with Crippen molar-refractivity contribution in [1.82, 2.24) is 4.90 Å². The van der Waals surface area contributed by atoms with Gasteiger partial charge < -0.3 is 14.9 Å². The molecule has 1 heterocycles. The molecular weight excluding hydrogens is 466 g/mol. The van der Waals surface area contributed by atoms with Crippen molar-refractivity contribution in [2.45, 2.75) is 180 Å². The van der Waals surface area contributed by atoms with Crippen molar-refractivity contribution in [2.24, 2.45) is 0 Å². The predicted octanol–water partition coefficient (Wildman–Crippen LogP) is 8.21. The van der Waals surface area contributed by atoms with Crippen LogP contribution in [0, 0.1) is 0 Å². The Labute approximate surface area is 227 Å². The zero-order chi connectivity index (χ0) is 27.7. The van der Waals surface area contributed by atoms with Crippen LogP contribution in [-0.4, -0.2) is 56.9 Å². The fraction of sp³-hybridized carbons (Fsp3) is 0.935. The number of hydrogen-bond acceptors (Lipinski definition) is 4. The number of carboxylic acid groups (broad SMARTS) is 2. The summed E-state index contributed by atoms with van der Waals surface area (Å²) in [5.41, 5.74) is -0.0578. The van der Waals surface area contributed by atoms with Crippen LogP contribution < -0.4 is 0 Å². The molecule has 0 aliphatic carbocycles. The third kappa shape index (κ3) is 14.6. The maximum absolute atomic E-state index is 11.9. The lowest BCUT2D eigenvalue weighted by molar-refractivity contribution is -0.166. The Hall–Kier alpha value is -1.14. The topological polar surface area (TPSA) is 87.1 Å². The van der Waals surface area contributed by atoms with Gasteiger partial charge in [-0.1, -0.05) is 90.4 Å². The van der Waals surface area contributed by atoms with Crippen LogP contribution in [0.2, 0.25) is 0 Å². The summed E-state index contributed by atoms with van der Waals surface area (Å²) in [6.45, 7) is 12.5. The number of nitrogens with zero attached hydrogens (tertiary/aromatic N) is 1. The number of hydrogen-bond donors (Lipinski definition) is 2. The summed E-state index contributed by atoms with van der Waals surface area (Å²) in [5.74, 6) is -1.62. The Kier molecular flexibility index (Phi) is 16.7. The van der Waals surface area contributed by atoms with E-state index in [1.54, 1.807) is 0 Å². The molecular formula is C31H59NO5. The molecule has 0 aromatic carbocycles. The van der Waals surface area contributed by atoms with E-state index < -0.39 is 18.0 Å². The number of likely N-dealkylation sites (tertiary alicyclic amines) is 1. The maximum Gasteiger partial charge on any atom is 0.332 e. The molecule has 0 bridgehead atoms. The third-order valence-electron chi connectivity index (χ3n) is 8.14. The van der Waals surface area contributed by atoms with Gasteiger partial charge in [-0.15, -0.1) is 0 Å². The molecule has 37 heavy (non-hydrogen) atoms. The third-order valence-corrected chi connectivity index (χ3v) is 8.14. The van der Waals surface area contributed by atoms with Crippen LogP contribution in [0.5, 0.6) is 0 Å². The van der Waals surface area contributed by atoms with Crippen molar-refractivity contribution in [3.8, 4) is 0 Å². The van der Waals surface area contributed by atoms with Crippen LogP contribution in [0.3, 0.4) is 0 Å². The van der Waals surface area contributed by atoms with Crippen LogP contribution in [0.1, 0.15) is 157 Å². The molecule has 218 valence electrons. The van der Waals surface area contributed by atoms with E-state index in [9.17, 15) is 14.7 Å². The number of unbranched alkanes of at least 4 members (excludes halogenated alkanes) is 13. The Morgan fingerprint density at radius 1 is 0.757 bits per heavy atom. The van der Waals surface area contributed by atoms with E-state index in [0.29, 0.717) is 12.8 Å². The second-order valence-corrected chi connectivity index (χ2v) is 12.7. The van der Waals surface area contributed by atoms with Crippen molar-refractivity contribution in [3.05, 3.63) is 0 Å². The molecule has 0 amide bonds. The molecule has 1 rings (SSSR count). The van der Waals surface area contributed by atoms with Crippen molar-refractivity contribution in [1.29, 1.82) is 0 Å². The normalized spacial score (nSPS) is 18.6. The molecule has 1 unspecified atom stereocenters. The van der Waals surface area contributed by atoms with Crippen LogP contribution in [0.15, 0.2) is 0 Å². The van der Waals surface area contributed by atoms with Crippen molar-refractivity contribution in [2.75, 3.05) is 6.54 Å². The van der Waals surface area contributed by atoms with Gasteiger partial charge in [0, 0.05) is 17.5 Å². The molecule has 0 saturated carbocycles. The molecule has 1 fully saturated rings. The Bertz CT molecular complexity index is 615. The first kappa shape index (κ1) is 33.9. The molecule has 1 atom stereocenters. The minimum absolute atomic E-state index is 0.0289. The van der Waals surface area contributed by atoms with E-state index in [4.69, 9.17) is 9.84 Å². The van der Waals surface area contributed by atoms with Gasteiger partial charge in [0.25, 0.3) is 0 Å². The van der Waals surface area contributed by atoms with Gasteiger partial charge in [0.05, 0.1) is 6.10 Å². The lowest BCUT2D eigenvalue weighted by Gasteiger charge is -2.55. The lowest BCUT2D eigenvalue weighted by atomic mass is 9.77. The summed E-state index contributed by atoms with van der Waals surface area (Å²) in [6, 6.07) is 0. The predicted molar refractivity (Wildman–Crippen MR) is 152 cm³/mol. The van der Waals surface area contributed by atoms with Gasteiger partial charge in [-0.25, -0.2) is 4.79 Å². The standard InChI is InChI=1S/C31H59NO5/c1-6-7-8-9-10-11-12-13-17-20-23-32-30(2,3)24-26(25-31(32,4)5)37-27(29(35)36)21-18-15-14-16-19-22-28(33)34/h26-27H,6-25H2,1-5H3,(H,33,34)(H,35,36). The van der Waals surface area contributed by atoms with Gasteiger partial charge in [0.15, 0.2) is 6.10 Å². The maximum atomic E-state index is 11.9. The fourth-order valence-corrected chi connectivity index (χ4v) is 6.30. The molecule has 1 aliphatic rings. The van der Waals surface area contributed by atoms with E-state index in [1.807, 2.05) is 0 Å². The highest BCUT2D eigenvalue weighted by Crippen LogP contribution is 2.40. The SMILES string of the molecule is CCCCCCCCCCCCN1C(C)(C)CC(OC(CCCCCCCC(=O)O)C(=O)O)CC1(C)C. The highest BCUT2D eigenvalue weighted by molar-refractivity contribution is 5.72. The average molecular weight is 526 g/mol. The van der Waals surface area contributed by atoms with Gasteiger partial charge in [-0.2, -0.15) is 0 Å². The monoisotopic (exact) mass is 525 g/mol. The quantitative estimate of drug-likeness (QED) is 0.138. The number of rotatable bonds is 22. The Balaban J connectivity index is 2.40. The molecule has 1 aliphatic heterocycles. The van der Waals surface area contributed by atoms with E-state index in [2.05, 4.69) is 39.5 Å². The summed E-state index contributed by atoms with van der Waals surface area (Å²) in [7, 11) is 0. The van der Waals surface area contributed by atoms with Crippen LogP contribution in [0.4, 0.5) is 0 Å². The summed E-state index contributed by atoms with van der Waals surface area (Å²) in [5, 5.41) is 18.5. The van der Waals surface area contributed by atoms with E-state index in [0.717, 1.165) is 45.1 Å². The lowest BCUT2D eigenvalue weighted by Crippen LogP contribution is -2.62. The van der Waals surface area contributed by atoms with Gasteiger partial charge in [-0.3, -0.25) is 9.69 Å². The second-order valence-electron chi connectivity index (χ2n) is 12.7. The zero-order valence-corrected chi connectivity index (χ0v) is 24.9. The second kappa shape index (κ2) is 18.2. The fourth-order valence-electron chi connectivity index (χ4n) is 6.30. The van der Waals surface area contributed by atoms with Gasteiger partial charge in [0.1, 0.15) is 0 Å². The number of carboxylic acids is 2. The van der Waals surface area contributed by atoms with E-state index >= 15 is 0 Å². The van der Waals surface area contributed by atoms with Crippen molar-refractivity contribution < 1.29 is 24.5 Å². The number of aliphatic carboxylic acids is 2. The first-order chi connectivity index (χ1) is 17.5. The molecule has 0 aromatic heterocycles. The number of carbonyl (C=O) groups is 2. The highest BCUT2D eigenvalue weighted by Gasteiger charge is 2.46. The van der Waals surface area contributed by atoms with Crippen molar-refractivity contribution in [3.63, 3.8) is 0 Å². The first-order valence-corrected chi connectivity index (χ1v) is 15.4. The molecule has 6 heteroatoms. The van der Waals surface area contributed by atoms with Crippen LogP contribution >= 0.6 is 0 Å². The minimum Gasteiger partial charge on any atom is -0.481 e. The molecule has 0 radical (unpaired) electrons. The number of ether oxygens (including phenoxy) is 1. The largest absolute Gasteiger partial charge is 0.481 e. The molecule has 1 saturated heterocycles. The minimum atomic E-state index is -0.866. The Morgan fingerprint density at radius 3 is 1.70 bits per heavy atom. The molecule has 2 N–H and O–H groups in total. The summed E-state index contributed by atoms with van der Waals surface area (Å²) >= 11 is 0. The molecule has 0 spiro atoms. The van der Waals surface area contributed by atoms with E-state index in [1.165, 1.54) is 64.2 Å². The molecule has 6 nitrogen and oxygen atoms in total. The van der Waals surface area contributed by atoms with E-state index in [-0.39, 0.29) is 23.6 Å². The smallest absolute Gasteiger partial charge is 0.332 e. The average Bonchev–Trinajstić information content (AvgIpc) is 2.79. The van der Waals surface area contributed by atoms with Crippen LogP contribution in [-0.2, 0) is 14.3 Å². The summed E-state index contributed by atoms with van der Waals surface area (Å²) in [4.78, 5) is 25.2. The van der Waals surface area contributed by atoms with Crippen LogP contribution in [0.25, 0.3) is 0 Å².